The van der Waals surface area contributed by atoms with Crippen LogP contribution in [0.25, 0.3) is 0 Å². The minimum atomic E-state index is 0.351. The third-order valence-electron chi connectivity index (χ3n) is 3.42. The summed E-state index contributed by atoms with van der Waals surface area (Å²) in [5.74, 6) is 2.18. The Morgan fingerprint density at radius 1 is 1.16 bits per heavy atom. The Kier molecular flexibility index (Phi) is 5.07. The average Bonchev–Trinajstić information content (AvgIpc) is 2.46. The lowest BCUT2D eigenvalue weighted by Crippen LogP contribution is -2.22. The third kappa shape index (κ3) is 4.13. The van der Waals surface area contributed by atoms with Gasteiger partial charge in [0.05, 0.1) is 20.3 Å². The first-order chi connectivity index (χ1) is 9.21. The first kappa shape index (κ1) is 14.2. The molecule has 0 spiro atoms. The lowest BCUT2D eigenvalue weighted by Gasteiger charge is -2.25. The first-order valence-electron chi connectivity index (χ1n) is 6.56. The van der Waals surface area contributed by atoms with E-state index in [1.807, 2.05) is 0 Å². The summed E-state index contributed by atoms with van der Waals surface area (Å²) in [4.78, 5) is 8.50. The van der Waals surface area contributed by atoms with E-state index in [0.29, 0.717) is 29.0 Å². The monoisotopic (exact) mass is 285 g/mol. The molecule has 1 aliphatic rings. The summed E-state index contributed by atoms with van der Waals surface area (Å²) >= 11 is 6.10. The maximum absolute atomic E-state index is 6.10. The van der Waals surface area contributed by atoms with Crippen LogP contribution in [0.4, 0.5) is 5.95 Å². The van der Waals surface area contributed by atoms with Crippen molar-refractivity contribution in [3.05, 3.63) is 6.07 Å². The fourth-order valence-electron chi connectivity index (χ4n) is 2.25. The molecule has 0 aliphatic heterocycles. The van der Waals surface area contributed by atoms with Crippen molar-refractivity contribution in [2.24, 2.45) is 5.92 Å². The van der Waals surface area contributed by atoms with Gasteiger partial charge in [0.1, 0.15) is 0 Å². The van der Waals surface area contributed by atoms with Crippen LogP contribution in [-0.2, 0) is 0 Å². The van der Waals surface area contributed by atoms with E-state index in [1.165, 1.54) is 0 Å². The summed E-state index contributed by atoms with van der Waals surface area (Å²) in [7, 11) is 3.15. The standard InChI is InChI=1S/C13H20ClN3O2/c1-18-11-7-12(19-2)17-13(16-11)15-8-9-3-5-10(14)6-4-9/h7,9-10H,3-6,8H2,1-2H3,(H,15,16,17). The molecule has 0 atom stereocenters. The van der Waals surface area contributed by atoms with E-state index in [0.717, 1.165) is 32.2 Å². The van der Waals surface area contributed by atoms with Gasteiger partial charge >= 0.3 is 0 Å². The van der Waals surface area contributed by atoms with Crippen LogP contribution in [0.5, 0.6) is 11.8 Å². The number of hydrogen-bond donors (Lipinski definition) is 1. The van der Waals surface area contributed by atoms with E-state index in [-0.39, 0.29) is 0 Å². The van der Waals surface area contributed by atoms with Gasteiger partial charge in [-0.3, -0.25) is 0 Å². The van der Waals surface area contributed by atoms with Gasteiger partial charge in [-0.1, -0.05) is 0 Å². The molecule has 1 aliphatic carbocycles. The molecule has 1 fully saturated rings. The zero-order chi connectivity index (χ0) is 13.7. The smallest absolute Gasteiger partial charge is 0.229 e. The first-order valence-corrected chi connectivity index (χ1v) is 7.00. The molecule has 2 rings (SSSR count). The lowest BCUT2D eigenvalue weighted by atomic mass is 9.89. The fourth-order valence-corrected chi connectivity index (χ4v) is 2.51. The Morgan fingerprint density at radius 3 is 2.26 bits per heavy atom. The summed E-state index contributed by atoms with van der Waals surface area (Å²) in [6, 6.07) is 1.66. The van der Waals surface area contributed by atoms with Crippen molar-refractivity contribution in [1.82, 2.24) is 9.97 Å². The van der Waals surface area contributed by atoms with Crippen LogP contribution in [0, 0.1) is 5.92 Å². The lowest BCUT2D eigenvalue weighted by molar-refractivity contribution is 0.368. The molecule has 0 amide bonds. The van der Waals surface area contributed by atoms with Gasteiger partial charge in [0.2, 0.25) is 17.7 Å². The number of alkyl halides is 1. The van der Waals surface area contributed by atoms with Crippen molar-refractivity contribution in [1.29, 1.82) is 0 Å². The molecule has 6 heteroatoms. The van der Waals surface area contributed by atoms with Crippen LogP contribution < -0.4 is 14.8 Å². The number of halogens is 1. The van der Waals surface area contributed by atoms with E-state index in [4.69, 9.17) is 21.1 Å². The molecule has 1 heterocycles. The van der Waals surface area contributed by atoms with Crippen molar-refractivity contribution in [3.63, 3.8) is 0 Å². The van der Waals surface area contributed by atoms with E-state index in [1.54, 1.807) is 20.3 Å². The highest BCUT2D eigenvalue weighted by atomic mass is 35.5. The van der Waals surface area contributed by atoms with Crippen molar-refractivity contribution >= 4 is 17.5 Å². The predicted molar refractivity (Wildman–Crippen MR) is 75.2 cm³/mol. The number of aromatic nitrogens is 2. The molecule has 106 valence electrons. The molecule has 0 radical (unpaired) electrons. The zero-order valence-corrected chi connectivity index (χ0v) is 12.1. The second kappa shape index (κ2) is 6.80. The van der Waals surface area contributed by atoms with Gasteiger partial charge in [0, 0.05) is 11.9 Å². The van der Waals surface area contributed by atoms with Gasteiger partial charge in [-0.2, -0.15) is 9.97 Å². The minimum Gasteiger partial charge on any atom is -0.481 e. The second-order valence-electron chi connectivity index (χ2n) is 4.78. The van der Waals surface area contributed by atoms with Crippen molar-refractivity contribution in [3.8, 4) is 11.8 Å². The molecule has 1 aromatic heterocycles. The Hall–Kier alpha value is -1.23. The summed E-state index contributed by atoms with van der Waals surface area (Å²) in [6.07, 6.45) is 4.50. The largest absolute Gasteiger partial charge is 0.481 e. The number of ether oxygens (including phenoxy) is 2. The maximum Gasteiger partial charge on any atom is 0.229 e. The van der Waals surface area contributed by atoms with Gasteiger partial charge in [0.15, 0.2) is 0 Å². The molecule has 1 saturated carbocycles. The van der Waals surface area contributed by atoms with E-state index in [9.17, 15) is 0 Å². The number of anilines is 1. The molecular weight excluding hydrogens is 266 g/mol. The van der Waals surface area contributed by atoms with E-state index >= 15 is 0 Å². The topological polar surface area (TPSA) is 56.3 Å². The number of nitrogens with one attached hydrogen (secondary N) is 1. The molecule has 0 aromatic carbocycles. The number of methoxy groups -OCH3 is 2. The van der Waals surface area contributed by atoms with E-state index in [2.05, 4.69) is 15.3 Å². The van der Waals surface area contributed by atoms with Crippen LogP contribution in [0.2, 0.25) is 0 Å². The minimum absolute atomic E-state index is 0.351. The average molecular weight is 286 g/mol. The summed E-state index contributed by atoms with van der Waals surface area (Å²) in [6.45, 7) is 0.861. The Bertz CT molecular complexity index is 387. The molecule has 19 heavy (non-hydrogen) atoms. The van der Waals surface area contributed by atoms with Gasteiger partial charge < -0.3 is 14.8 Å². The number of rotatable bonds is 5. The fraction of sp³-hybridized carbons (Fsp3) is 0.692. The molecule has 1 aromatic rings. The Morgan fingerprint density at radius 2 is 1.74 bits per heavy atom. The molecule has 5 nitrogen and oxygen atoms in total. The second-order valence-corrected chi connectivity index (χ2v) is 5.39. The molecule has 0 bridgehead atoms. The summed E-state index contributed by atoms with van der Waals surface area (Å²) < 4.78 is 10.2. The van der Waals surface area contributed by atoms with Crippen LogP contribution in [0.15, 0.2) is 6.07 Å². The molecule has 0 saturated heterocycles. The van der Waals surface area contributed by atoms with Crippen LogP contribution in [0.3, 0.4) is 0 Å². The van der Waals surface area contributed by atoms with Gasteiger partial charge in [0.25, 0.3) is 0 Å². The quantitative estimate of drug-likeness (QED) is 0.843. The molecule has 0 unspecified atom stereocenters. The van der Waals surface area contributed by atoms with Gasteiger partial charge in [-0.15, -0.1) is 11.6 Å². The van der Waals surface area contributed by atoms with Crippen molar-refractivity contribution in [2.75, 3.05) is 26.1 Å². The summed E-state index contributed by atoms with van der Waals surface area (Å²) in [5.41, 5.74) is 0. The third-order valence-corrected chi connectivity index (χ3v) is 3.86. The number of nitrogens with zero attached hydrogens (tertiary/aromatic N) is 2. The highest BCUT2D eigenvalue weighted by Crippen LogP contribution is 2.27. The molecular formula is C13H20ClN3O2. The number of hydrogen-bond acceptors (Lipinski definition) is 5. The van der Waals surface area contributed by atoms with Crippen LogP contribution >= 0.6 is 11.6 Å². The van der Waals surface area contributed by atoms with Crippen LogP contribution in [-0.4, -0.2) is 36.1 Å². The van der Waals surface area contributed by atoms with Gasteiger partial charge in [-0.05, 0) is 31.6 Å². The highest BCUT2D eigenvalue weighted by Gasteiger charge is 2.19. The highest BCUT2D eigenvalue weighted by molar-refractivity contribution is 6.20. The van der Waals surface area contributed by atoms with Crippen molar-refractivity contribution in [2.45, 2.75) is 31.1 Å². The SMILES string of the molecule is COc1cc(OC)nc(NCC2CCC(Cl)CC2)n1. The Balaban J connectivity index is 1.91. The normalized spacial score (nSPS) is 22.9. The van der Waals surface area contributed by atoms with E-state index < -0.39 is 0 Å². The predicted octanol–water partition coefficient (Wildman–Crippen LogP) is 2.70. The zero-order valence-electron chi connectivity index (χ0n) is 11.4. The maximum atomic E-state index is 6.10. The van der Waals surface area contributed by atoms with Gasteiger partial charge in [-0.25, -0.2) is 0 Å². The molecule has 1 N–H and O–H groups in total. The summed E-state index contributed by atoms with van der Waals surface area (Å²) in [5, 5.41) is 3.60. The van der Waals surface area contributed by atoms with Crippen LogP contribution in [0.1, 0.15) is 25.7 Å². The Labute approximate surface area is 118 Å². The van der Waals surface area contributed by atoms with Crippen molar-refractivity contribution < 1.29 is 9.47 Å².